The molecule has 1 atom stereocenters. The van der Waals surface area contributed by atoms with Crippen LogP contribution in [0.2, 0.25) is 0 Å². The molecule has 0 saturated carbocycles. The Hall–Kier alpha value is -0.900. The van der Waals surface area contributed by atoms with Crippen LogP contribution in [0.15, 0.2) is 29.3 Å². The van der Waals surface area contributed by atoms with E-state index >= 15 is 0 Å². The van der Waals surface area contributed by atoms with Crippen molar-refractivity contribution in [3.8, 4) is 0 Å². The van der Waals surface area contributed by atoms with E-state index in [-0.39, 0.29) is 24.0 Å². The number of ether oxygens (including phenoxy) is 2. The Labute approximate surface area is 200 Å². The summed E-state index contributed by atoms with van der Waals surface area (Å²) in [6.45, 7) is 16.3. The highest BCUT2D eigenvalue weighted by atomic mass is 127. The third kappa shape index (κ3) is 9.49. The lowest BCUT2D eigenvalue weighted by molar-refractivity contribution is 0.00752. The van der Waals surface area contributed by atoms with Crippen LogP contribution in [0, 0.1) is 5.92 Å². The van der Waals surface area contributed by atoms with Gasteiger partial charge in [-0.25, -0.2) is 4.99 Å². The quantitative estimate of drug-likeness (QED) is 0.197. The number of benzene rings is 1. The average molecular weight is 533 g/mol. The molecular weight excluding hydrogens is 491 g/mol. The Kier molecular flexibility index (Phi) is 14.3. The van der Waals surface area contributed by atoms with Crippen LogP contribution in [-0.2, 0) is 22.6 Å². The summed E-state index contributed by atoms with van der Waals surface area (Å²) in [4.78, 5) is 7.38. The van der Waals surface area contributed by atoms with Gasteiger partial charge in [0.05, 0.1) is 26.4 Å². The summed E-state index contributed by atoms with van der Waals surface area (Å²) in [6.07, 6.45) is 1.04. The van der Waals surface area contributed by atoms with E-state index in [1.807, 2.05) is 0 Å². The van der Waals surface area contributed by atoms with Gasteiger partial charge in [0.25, 0.3) is 0 Å². The summed E-state index contributed by atoms with van der Waals surface area (Å²) in [5.41, 5.74) is 2.43. The van der Waals surface area contributed by atoms with Crippen LogP contribution in [0.4, 0.5) is 0 Å². The normalized spacial score (nSPS) is 16.2. The molecule has 0 spiro atoms. The van der Waals surface area contributed by atoms with Crippen molar-refractivity contribution in [2.24, 2.45) is 10.9 Å². The van der Waals surface area contributed by atoms with E-state index in [0.29, 0.717) is 25.1 Å². The molecular formula is C23H41IN4O2. The minimum atomic E-state index is 0. The average Bonchev–Trinajstić information content (AvgIpc) is 2.73. The van der Waals surface area contributed by atoms with Gasteiger partial charge in [0, 0.05) is 38.8 Å². The topological polar surface area (TPSA) is 58.1 Å². The molecule has 1 aliphatic rings. The summed E-state index contributed by atoms with van der Waals surface area (Å²) in [5, 5.41) is 6.95. The van der Waals surface area contributed by atoms with Crippen LogP contribution >= 0.6 is 24.0 Å². The maximum absolute atomic E-state index is 5.74. The molecule has 1 aliphatic heterocycles. The molecule has 6 nitrogen and oxygen atoms in total. The van der Waals surface area contributed by atoms with Gasteiger partial charge in [0.15, 0.2) is 5.96 Å². The molecule has 0 aromatic heterocycles. The van der Waals surface area contributed by atoms with E-state index in [4.69, 9.17) is 14.5 Å². The molecule has 2 N–H and O–H groups in total. The van der Waals surface area contributed by atoms with Crippen LogP contribution in [0.5, 0.6) is 0 Å². The number of nitrogens with one attached hydrogen (secondary N) is 2. The summed E-state index contributed by atoms with van der Waals surface area (Å²) >= 11 is 0. The zero-order valence-electron chi connectivity index (χ0n) is 19.2. The van der Waals surface area contributed by atoms with Gasteiger partial charge in [0.2, 0.25) is 0 Å². The number of hydrogen-bond acceptors (Lipinski definition) is 4. The van der Waals surface area contributed by atoms with E-state index in [0.717, 1.165) is 58.4 Å². The minimum Gasteiger partial charge on any atom is -0.379 e. The summed E-state index contributed by atoms with van der Waals surface area (Å²) < 4.78 is 11.3. The van der Waals surface area contributed by atoms with E-state index in [9.17, 15) is 0 Å². The lowest BCUT2D eigenvalue weighted by atomic mass is 10.0. The fourth-order valence-corrected chi connectivity index (χ4v) is 3.58. The lowest BCUT2D eigenvalue weighted by Gasteiger charge is -2.37. The van der Waals surface area contributed by atoms with Gasteiger partial charge in [-0.15, -0.1) is 24.0 Å². The molecule has 7 heteroatoms. The van der Waals surface area contributed by atoms with Crippen molar-refractivity contribution in [3.63, 3.8) is 0 Å². The van der Waals surface area contributed by atoms with Crippen LogP contribution in [-0.4, -0.2) is 62.9 Å². The summed E-state index contributed by atoms with van der Waals surface area (Å²) in [5.74, 6) is 1.44. The lowest BCUT2D eigenvalue weighted by Crippen LogP contribution is -2.52. The first-order valence-electron chi connectivity index (χ1n) is 11.1. The first-order valence-corrected chi connectivity index (χ1v) is 11.1. The number of nitrogens with zero attached hydrogens (tertiary/aromatic N) is 2. The first kappa shape index (κ1) is 27.1. The Morgan fingerprint density at radius 3 is 2.47 bits per heavy atom. The zero-order valence-corrected chi connectivity index (χ0v) is 21.5. The molecule has 1 saturated heterocycles. The maximum Gasteiger partial charge on any atom is 0.191 e. The van der Waals surface area contributed by atoms with Crippen molar-refractivity contribution in [2.45, 2.75) is 53.3 Å². The Bertz CT molecular complexity index is 607. The van der Waals surface area contributed by atoms with Crippen molar-refractivity contribution in [1.82, 2.24) is 15.5 Å². The molecule has 30 heavy (non-hydrogen) atoms. The van der Waals surface area contributed by atoms with Gasteiger partial charge in [-0.1, -0.05) is 45.0 Å². The highest BCUT2D eigenvalue weighted by Gasteiger charge is 2.23. The number of guanidine groups is 1. The van der Waals surface area contributed by atoms with Crippen LogP contribution in [0.1, 0.15) is 45.2 Å². The Balaban J connectivity index is 0.00000450. The van der Waals surface area contributed by atoms with Crippen molar-refractivity contribution >= 4 is 29.9 Å². The smallest absolute Gasteiger partial charge is 0.191 e. The molecule has 1 heterocycles. The third-order valence-corrected chi connectivity index (χ3v) is 5.24. The van der Waals surface area contributed by atoms with Crippen molar-refractivity contribution in [2.75, 3.05) is 46.0 Å². The van der Waals surface area contributed by atoms with Gasteiger partial charge in [-0.05, 0) is 30.4 Å². The molecule has 1 aromatic carbocycles. The SMILES string of the molecule is CCCOCc1ccccc1CN=C(NCC)NCC(C(C)C)N1CCOCC1.I. The predicted molar refractivity (Wildman–Crippen MR) is 136 cm³/mol. The van der Waals surface area contributed by atoms with Crippen molar-refractivity contribution in [1.29, 1.82) is 0 Å². The molecule has 0 bridgehead atoms. The van der Waals surface area contributed by atoms with E-state index in [1.54, 1.807) is 0 Å². The molecule has 0 radical (unpaired) electrons. The van der Waals surface area contributed by atoms with Gasteiger partial charge in [0.1, 0.15) is 0 Å². The van der Waals surface area contributed by atoms with Crippen molar-refractivity contribution < 1.29 is 9.47 Å². The van der Waals surface area contributed by atoms with E-state index < -0.39 is 0 Å². The van der Waals surface area contributed by atoms with Crippen LogP contribution < -0.4 is 10.6 Å². The van der Waals surface area contributed by atoms with Gasteiger partial charge < -0.3 is 20.1 Å². The Morgan fingerprint density at radius 2 is 1.83 bits per heavy atom. The van der Waals surface area contributed by atoms with Crippen LogP contribution in [0.25, 0.3) is 0 Å². The molecule has 2 rings (SSSR count). The second-order valence-electron chi connectivity index (χ2n) is 7.86. The number of halogens is 1. The highest BCUT2D eigenvalue weighted by Crippen LogP contribution is 2.13. The monoisotopic (exact) mass is 532 g/mol. The molecule has 0 amide bonds. The molecule has 172 valence electrons. The van der Waals surface area contributed by atoms with E-state index in [1.165, 1.54) is 11.1 Å². The highest BCUT2D eigenvalue weighted by molar-refractivity contribution is 14.0. The zero-order chi connectivity index (χ0) is 20.9. The molecule has 1 unspecified atom stereocenters. The van der Waals surface area contributed by atoms with E-state index in [2.05, 4.69) is 67.5 Å². The van der Waals surface area contributed by atoms with Gasteiger partial charge in [-0.3, -0.25) is 4.90 Å². The van der Waals surface area contributed by atoms with Crippen molar-refractivity contribution in [3.05, 3.63) is 35.4 Å². The third-order valence-electron chi connectivity index (χ3n) is 5.24. The molecule has 1 aromatic rings. The minimum absolute atomic E-state index is 0. The summed E-state index contributed by atoms with van der Waals surface area (Å²) in [7, 11) is 0. The van der Waals surface area contributed by atoms with Gasteiger partial charge in [-0.2, -0.15) is 0 Å². The first-order chi connectivity index (χ1) is 14.2. The number of rotatable bonds is 11. The fourth-order valence-electron chi connectivity index (χ4n) is 3.58. The largest absolute Gasteiger partial charge is 0.379 e. The summed E-state index contributed by atoms with van der Waals surface area (Å²) in [6, 6.07) is 8.88. The standard InChI is InChI=1S/C23H40N4O2.HI/c1-5-13-29-18-21-10-8-7-9-20(21)16-25-23(24-6-2)26-17-22(19(3)4)27-11-14-28-15-12-27;/h7-10,19,22H,5-6,11-18H2,1-4H3,(H2,24,25,26);1H. The second-order valence-corrected chi connectivity index (χ2v) is 7.86. The molecule has 0 aliphatic carbocycles. The number of aliphatic imine (C=N–C) groups is 1. The predicted octanol–water partition coefficient (Wildman–Crippen LogP) is 3.64. The van der Waals surface area contributed by atoms with Crippen LogP contribution in [0.3, 0.4) is 0 Å². The number of morpholine rings is 1. The van der Waals surface area contributed by atoms with Gasteiger partial charge >= 0.3 is 0 Å². The molecule has 1 fully saturated rings. The second kappa shape index (κ2) is 15.8. The maximum atomic E-state index is 5.74. The Morgan fingerprint density at radius 1 is 1.13 bits per heavy atom. The fraction of sp³-hybridized carbons (Fsp3) is 0.696. The number of hydrogen-bond donors (Lipinski definition) is 2.